The van der Waals surface area contributed by atoms with Crippen LogP contribution in [0.2, 0.25) is 0 Å². The first-order chi connectivity index (χ1) is 20.7. The molecule has 0 aliphatic carbocycles. The highest BCUT2D eigenvalue weighted by atomic mass is 19.1. The van der Waals surface area contributed by atoms with Crippen LogP contribution in [0, 0.1) is 11.6 Å². The molecule has 0 spiro atoms. The maximum absolute atomic E-state index is 15.0. The van der Waals surface area contributed by atoms with Crippen molar-refractivity contribution in [2.45, 2.75) is 46.6 Å². The zero-order valence-corrected chi connectivity index (χ0v) is 24.1. The summed E-state index contributed by atoms with van der Waals surface area (Å²) in [6.07, 6.45) is 2.57. The molecule has 2 heterocycles. The molecule has 5 aromatic rings. The number of rotatable bonds is 9. The van der Waals surface area contributed by atoms with Gasteiger partial charge in [0.15, 0.2) is 5.82 Å². The molecule has 1 amide bonds. The summed E-state index contributed by atoms with van der Waals surface area (Å²) in [4.78, 5) is 31.6. The van der Waals surface area contributed by atoms with Crippen molar-refractivity contribution in [3.05, 3.63) is 117 Å². The van der Waals surface area contributed by atoms with E-state index >= 15 is 4.39 Å². The fraction of sp³-hybridized carbons (Fsp3) is 0.212. The van der Waals surface area contributed by atoms with Crippen LogP contribution in [0.3, 0.4) is 0 Å². The van der Waals surface area contributed by atoms with E-state index in [2.05, 4.69) is 10.1 Å². The van der Waals surface area contributed by atoms with E-state index in [9.17, 15) is 19.1 Å². The van der Waals surface area contributed by atoms with Crippen LogP contribution in [0.5, 0.6) is 5.88 Å². The third kappa shape index (κ3) is 5.43. The summed E-state index contributed by atoms with van der Waals surface area (Å²) in [7, 11) is 0. The van der Waals surface area contributed by atoms with Gasteiger partial charge in [0.2, 0.25) is 11.8 Å². The van der Waals surface area contributed by atoms with Gasteiger partial charge in [-0.2, -0.15) is 10.1 Å². The summed E-state index contributed by atoms with van der Waals surface area (Å²) in [6, 6.07) is 15.2. The van der Waals surface area contributed by atoms with E-state index in [1.165, 1.54) is 22.8 Å². The number of benzene rings is 3. The molecular weight excluding hydrogens is 552 g/mol. The first kappa shape index (κ1) is 29.4. The summed E-state index contributed by atoms with van der Waals surface area (Å²) in [5, 5.41) is 15.7. The zero-order valence-electron chi connectivity index (χ0n) is 24.1. The number of nitrogens with two attached hydrogens (primary N) is 1. The molecule has 3 aromatic carbocycles. The van der Waals surface area contributed by atoms with Crippen molar-refractivity contribution in [3.63, 3.8) is 0 Å². The molecule has 3 N–H and O–H groups in total. The second-order valence-electron chi connectivity index (χ2n) is 10.1. The SMILES string of the molecule is CCc1cccc(CC)c1-n1c(-c2ccn(CC)n2)nc(O)c(Cc2cc(F)cc(-c3ccccc3F)c2C(N)=O)c1=O. The van der Waals surface area contributed by atoms with E-state index in [4.69, 9.17) is 5.73 Å². The number of hydrogen-bond donors (Lipinski definition) is 2. The van der Waals surface area contributed by atoms with Gasteiger partial charge in [0.25, 0.3) is 5.56 Å². The van der Waals surface area contributed by atoms with Gasteiger partial charge >= 0.3 is 0 Å². The molecule has 5 rings (SSSR count). The van der Waals surface area contributed by atoms with E-state index in [0.717, 1.165) is 23.3 Å². The van der Waals surface area contributed by atoms with E-state index in [1.54, 1.807) is 23.0 Å². The summed E-state index contributed by atoms with van der Waals surface area (Å²) < 4.78 is 32.9. The van der Waals surface area contributed by atoms with Crippen molar-refractivity contribution in [2.24, 2.45) is 5.73 Å². The maximum atomic E-state index is 15.0. The van der Waals surface area contributed by atoms with Crippen molar-refractivity contribution >= 4 is 5.91 Å². The van der Waals surface area contributed by atoms with Crippen molar-refractivity contribution in [3.8, 4) is 34.2 Å². The van der Waals surface area contributed by atoms with Crippen LogP contribution in [-0.2, 0) is 25.8 Å². The third-order valence-corrected chi connectivity index (χ3v) is 7.50. The predicted octanol–water partition coefficient (Wildman–Crippen LogP) is 5.58. The van der Waals surface area contributed by atoms with Crippen LogP contribution in [0.25, 0.3) is 28.3 Å². The van der Waals surface area contributed by atoms with Crippen molar-refractivity contribution < 1.29 is 18.7 Å². The quantitative estimate of drug-likeness (QED) is 0.235. The van der Waals surface area contributed by atoms with Gasteiger partial charge in [-0.3, -0.25) is 18.8 Å². The number of halogens is 2. The van der Waals surface area contributed by atoms with Crippen LogP contribution in [0.4, 0.5) is 8.78 Å². The van der Waals surface area contributed by atoms with Crippen LogP contribution in [-0.4, -0.2) is 30.3 Å². The zero-order chi connectivity index (χ0) is 30.8. The number of primary amides is 1. The van der Waals surface area contributed by atoms with Crippen LogP contribution >= 0.6 is 0 Å². The Balaban J connectivity index is 1.80. The molecule has 0 atom stereocenters. The number of amides is 1. The number of nitrogens with zero attached hydrogens (tertiary/aromatic N) is 4. The summed E-state index contributed by atoms with van der Waals surface area (Å²) >= 11 is 0. The number of carbonyl (C=O) groups is 1. The number of hydrogen-bond acceptors (Lipinski definition) is 5. The van der Waals surface area contributed by atoms with Gasteiger partial charge in [0.1, 0.15) is 17.3 Å². The average molecular weight is 584 g/mol. The molecule has 0 unspecified atom stereocenters. The molecule has 2 aromatic heterocycles. The minimum Gasteiger partial charge on any atom is -0.493 e. The van der Waals surface area contributed by atoms with Crippen LogP contribution < -0.4 is 11.3 Å². The Morgan fingerprint density at radius 3 is 2.23 bits per heavy atom. The molecule has 0 bridgehead atoms. The molecule has 0 aliphatic rings. The standard InChI is InChI=1S/C33H31F2N5O3/c1-4-19-10-9-11-20(5-2)29(19)40-31(27-14-15-39(6-3)38-27)37-32(42)25(33(40)43)17-21-16-22(34)18-24(28(21)30(36)41)23-12-7-8-13-26(23)35/h7-16,18,42H,4-6,17H2,1-3H3,(H2,36,41). The molecule has 0 fully saturated rings. The highest BCUT2D eigenvalue weighted by Crippen LogP contribution is 2.33. The van der Waals surface area contributed by atoms with Crippen LogP contribution in [0.15, 0.2) is 71.7 Å². The average Bonchev–Trinajstić information content (AvgIpc) is 3.48. The minimum absolute atomic E-state index is 0.00834. The smallest absolute Gasteiger partial charge is 0.265 e. The van der Waals surface area contributed by atoms with E-state index in [0.29, 0.717) is 30.8 Å². The maximum Gasteiger partial charge on any atom is 0.265 e. The fourth-order valence-electron chi connectivity index (χ4n) is 5.41. The monoisotopic (exact) mass is 583 g/mol. The van der Waals surface area contributed by atoms with Crippen molar-refractivity contribution in [2.75, 3.05) is 0 Å². The number of para-hydroxylation sites is 1. The second kappa shape index (κ2) is 12.0. The normalized spacial score (nSPS) is 11.2. The summed E-state index contributed by atoms with van der Waals surface area (Å²) in [5.41, 5.74) is 7.46. The lowest BCUT2D eigenvalue weighted by Crippen LogP contribution is -2.28. The molecule has 0 saturated carbocycles. The lowest BCUT2D eigenvalue weighted by atomic mass is 9.91. The second-order valence-corrected chi connectivity index (χ2v) is 10.1. The first-order valence-corrected chi connectivity index (χ1v) is 14.0. The van der Waals surface area contributed by atoms with E-state index in [1.807, 2.05) is 39.0 Å². The highest BCUT2D eigenvalue weighted by molar-refractivity contribution is 6.01. The van der Waals surface area contributed by atoms with Gasteiger partial charge in [-0.05, 0) is 60.7 Å². The molecule has 220 valence electrons. The molecule has 10 heteroatoms. The minimum atomic E-state index is -0.938. The Morgan fingerprint density at radius 1 is 0.930 bits per heavy atom. The number of carbonyl (C=O) groups excluding carboxylic acids is 1. The van der Waals surface area contributed by atoms with Gasteiger partial charge in [-0.1, -0.05) is 50.2 Å². The van der Waals surface area contributed by atoms with Crippen molar-refractivity contribution in [1.29, 1.82) is 0 Å². The molecule has 43 heavy (non-hydrogen) atoms. The largest absolute Gasteiger partial charge is 0.493 e. The molecular formula is C33H31F2N5O3. The Labute approximate surface area is 247 Å². The molecule has 0 saturated heterocycles. The van der Waals surface area contributed by atoms with E-state index < -0.39 is 35.4 Å². The Kier molecular flexibility index (Phi) is 8.20. The molecule has 8 nitrogen and oxygen atoms in total. The molecule has 0 aliphatic heterocycles. The fourth-order valence-corrected chi connectivity index (χ4v) is 5.41. The third-order valence-electron chi connectivity index (χ3n) is 7.50. The first-order valence-electron chi connectivity index (χ1n) is 14.0. The highest BCUT2D eigenvalue weighted by Gasteiger charge is 2.26. The number of aromatic nitrogens is 4. The Hall–Kier alpha value is -5.12. The van der Waals surface area contributed by atoms with Gasteiger partial charge in [-0.15, -0.1) is 0 Å². The summed E-state index contributed by atoms with van der Waals surface area (Å²) in [5.74, 6) is -2.84. The lowest BCUT2D eigenvalue weighted by Gasteiger charge is -2.20. The van der Waals surface area contributed by atoms with Gasteiger partial charge in [-0.25, -0.2) is 8.78 Å². The molecule has 0 radical (unpaired) electrons. The van der Waals surface area contributed by atoms with Crippen LogP contribution in [0.1, 0.15) is 53.4 Å². The van der Waals surface area contributed by atoms with Gasteiger partial charge < -0.3 is 10.8 Å². The van der Waals surface area contributed by atoms with E-state index in [-0.39, 0.29) is 33.6 Å². The number of aryl methyl sites for hydroxylation is 3. The predicted molar refractivity (Wildman–Crippen MR) is 160 cm³/mol. The van der Waals surface area contributed by atoms with Gasteiger partial charge in [0, 0.05) is 30.3 Å². The number of aromatic hydroxyl groups is 1. The van der Waals surface area contributed by atoms with Gasteiger partial charge in [0.05, 0.1) is 16.8 Å². The Bertz CT molecular complexity index is 1890. The topological polar surface area (TPSA) is 116 Å². The Morgan fingerprint density at radius 2 is 1.63 bits per heavy atom. The summed E-state index contributed by atoms with van der Waals surface area (Å²) in [6.45, 7) is 6.45. The van der Waals surface area contributed by atoms with Crippen molar-refractivity contribution in [1.82, 2.24) is 19.3 Å². The lowest BCUT2D eigenvalue weighted by molar-refractivity contribution is 0.1000.